The van der Waals surface area contributed by atoms with E-state index in [1.165, 1.54) is 6.42 Å². The summed E-state index contributed by atoms with van der Waals surface area (Å²) in [5.41, 5.74) is 0. The number of hydrogen-bond donors (Lipinski definition) is 1. The molecule has 90 valence electrons. The zero-order valence-electron chi connectivity index (χ0n) is 10.8. The minimum atomic E-state index is 0.151. The molecule has 0 aromatic carbocycles. The number of hydrogen-bond acceptors (Lipinski definition) is 2. The van der Waals surface area contributed by atoms with E-state index in [4.69, 9.17) is 0 Å². The highest BCUT2D eigenvalue weighted by Crippen LogP contribution is 2.11. The van der Waals surface area contributed by atoms with Crippen molar-refractivity contribution in [2.45, 2.75) is 46.1 Å². The molecule has 0 saturated carbocycles. The van der Waals surface area contributed by atoms with E-state index in [1.54, 1.807) is 19.0 Å². The second-order valence-electron chi connectivity index (χ2n) is 4.52. The molecule has 0 unspecified atom stereocenters. The van der Waals surface area contributed by atoms with Gasteiger partial charge in [0.15, 0.2) is 0 Å². The van der Waals surface area contributed by atoms with Gasteiger partial charge in [0, 0.05) is 20.1 Å². The van der Waals surface area contributed by atoms with Gasteiger partial charge in [-0.15, -0.1) is 0 Å². The summed E-state index contributed by atoms with van der Waals surface area (Å²) in [5.74, 6) is 0.884. The summed E-state index contributed by atoms with van der Waals surface area (Å²) in [4.78, 5) is 13.0. The Bertz CT molecular complexity index is 180. The molecule has 15 heavy (non-hydrogen) atoms. The Balaban J connectivity index is 3.84. The maximum Gasteiger partial charge on any atom is 0.236 e. The van der Waals surface area contributed by atoms with Crippen LogP contribution < -0.4 is 5.32 Å². The maximum absolute atomic E-state index is 11.4. The predicted octanol–water partition coefficient (Wildman–Crippen LogP) is 1.88. The third-order valence-corrected chi connectivity index (χ3v) is 2.92. The van der Waals surface area contributed by atoms with Crippen molar-refractivity contribution in [2.24, 2.45) is 5.92 Å². The Hall–Kier alpha value is -0.570. The summed E-state index contributed by atoms with van der Waals surface area (Å²) in [6.07, 6.45) is 3.46. The predicted molar refractivity (Wildman–Crippen MR) is 64.8 cm³/mol. The summed E-state index contributed by atoms with van der Waals surface area (Å²) in [6.45, 7) is 7.10. The van der Waals surface area contributed by atoms with Crippen LogP contribution in [0.4, 0.5) is 0 Å². The first-order chi connectivity index (χ1) is 7.01. The molecule has 1 amide bonds. The number of carbonyl (C=O) groups excluding carboxylic acids is 1. The van der Waals surface area contributed by atoms with Gasteiger partial charge in [0.25, 0.3) is 0 Å². The van der Waals surface area contributed by atoms with E-state index < -0.39 is 0 Å². The number of rotatable bonds is 7. The molecule has 0 aromatic rings. The fourth-order valence-corrected chi connectivity index (χ4v) is 1.44. The van der Waals surface area contributed by atoms with Gasteiger partial charge in [-0.1, -0.05) is 27.2 Å². The summed E-state index contributed by atoms with van der Waals surface area (Å²) >= 11 is 0. The summed E-state index contributed by atoms with van der Waals surface area (Å²) in [7, 11) is 3.58. The van der Waals surface area contributed by atoms with Gasteiger partial charge in [-0.25, -0.2) is 0 Å². The molecule has 0 bridgehead atoms. The van der Waals surface area contributed by atoms with Crippen molar-refractivity contribution < 1.29 is 4.79 Å². The van der Waals surface area contributed by atoms with Crippen molar-refractivity contribution >= 4 is 5.91 Å². The molecule has 0 spiro atoms. The van der Waals surface area contributed by atoms with Gasteiger partial charge in [-0.2, -0.15) is 0 Å². The second-order valence-corrected chi connectivity index (χ2v) is 4.52. The first-order valence-corrected chi connectivity index (χ1v) is 5.94. The molecule has 3 nitrogen and oxygen atoms in total. The lowest BCUT2D eigenvalue weighted by Crippen LogP contribution is -2.39. The van der Waals surface area contributed by atoms with Gasteiger partial charge in [-0.3, -0.25) is 4.79 Å². The summed E-state index contributed by atoms with van der Waals surface area (Å²) in [6, 6.07) is 0.476. The minimum Gasteiger partial charge on any atom is -0.348 e. The van der Waals surface area contributed by atoms with E-state index in [0.29, 0.717) is 12.6 Å². The van der Waals surface area contributed by atoms with E-state index in [0.717, 1.165) is 18.8 Å². The average molecular weight is 214 g/mol. The van der Waals surface area contributed by atoms with Crippen LogP contribution in [0.1, 0.15) is 40.0 Å². The third kappa shape index (κ3) is 6.50. The highest BCUT2D eigenvalue weighted by Gasteiger charge is 2.12. The molecule has 1 N–H and O–H groups in total. The van der Waals surface area contributed by atoms with Crippen LogP contribution in [-0.2, 0) is 4.79 Å². The molecule has 0 aliphatic carbocycles. The molecule has 0 aliphatic heterocycles. The van der Waals surface area contributed by atoms with Gasteiger partial charge in [0.2, 0.25) is 5.91 Å². The Morgan fingerprint density at radius 3 is 2.27 bits per heavy atom. The first-order valence-electron chi connectivity index (χ1n) is 5.94. The maximum atomic E-state index is 11.4. The zero-order valence-corrected chi connectivity index (χ0v) is 10.8. The number of likely N-dealkylation sites (N-methyl/N-ethyl adjacent to an activating group) is 1. The molecule has 3 heteroatoms. The van der Waals surface area contributed by atoms with Crippen LogP contribution in [0.15, 0.2) is 0 Å². The van der Waals surface area contributed by atoms with E-state index in [9.17, 15) is 4.79 Å². The van der Waals surface area contributed by atoms with Crippen LogP contribution >= 0.6 is 0 Å². The Labute approximate surface area is 94.2 Å². The van der Waals surface area contributed by atoms with Crippen molar-refractivity contribution in [3.8, 4) is 0 Å². The SMILES string of the molecule is CC[C@@H](C)C[C@@H](CC)NCC(=O)N(C)C. The van der Waals surface area contributed by atoms with Crippen LogP contribution in [0.3, 0.4) is 0 Å². The number of carbonyl (C=O) groups is 1. The van der Waals surface area contributed by atoms with Crippen molar-refractivity contribution in [1.29, 1.82) is 0 Å². The first kappa shape index (κ1) is 14.4. The lowest BCUT2D eigenvalue weighted by molar-refractivity contribution is -0.127. The lowest BCUT2D eigenvalue weighted by Gasteiger charge is -2.21. The Morgan fingerprint density at radius 1 is 1.27 bits per heavy atom. The van der Waals surface area contributed by atoms with Gasteiger partial charge < -0.3 is 10.2 Å². The molecule has 0 aromatic heterocycles. The van der Waals surface area contributed by atoms with Crippen LogP contribution in [0, 0.1) is 5.92 Å². The molecule has 0 saturated heterocycles. The molecule has 0 fully saturated rings. The molecule has 0 aliphatic rings. The Kier molecular flexibility index (Phi) is 7.39. The van der Waals surface area contributed by atoms with Gasteiger partial charge in [-0.05, 0) is 18.8 Å². The van der Waals surface area contributed by atoms with E-state index >= 15 is 0 Å². The average Bonchev–Trinajstić information content (AvgIpc) is 2.22. The molecular formula is C12H26N2O. The Morgan fingerprint density at radius 2 is 1.87 bits per heavy atom. The molecule has 0 heterocycles. The zero-order chi connectivity index (χ0) is 11.8. The van der Waals surface area contributed by atoms with Crippen LogP contribution in [0.2, 0.25) is 0 Å². The van der Waals surface area contributed by atoms with Crippen LogP contribution in [-0.4, -0.2) is 37.5 Å². The lowest BCUT2D eigenvalue weighted by atomic mass is 9.98. The monoisotopic (exact) mass is 214 g/mol. The number of nitrogens with zero attached hydrogens (tertiary/aromatic N) is 1. The molecule has 2 atom stereocenters. The molecule has 0 rings (SSSR count). The van der Waals surface area contributed by atoms with E-state index in [1.807, 2.05) is 0 Å². The second kappa shape index (κ2) is 7.69. The fraction of sp³-hybridized carbons (Fsp3) is 0.917. The molecule has 0 radical (unpaired) electrons. The van der Waals surface area contributed by atoms with E-state index in [-0.39, 0.29) is 5.91 Å². The normalized spacial score (nSPS) is 14.7. The van der Waals surface area contributed by atoms with Crippen LogP contribution in [0.5, 0.6) is 0 Å². The highest BCUT2D eigenvalue weighted by molar-refractivity contribution is 5.77. The summed E-state index contributed by atoms with van der Waals surface area (Å²) in [5, 5.41) is 3.32. The third-order valence-electron chi connectivity index (χ3n) is 2.92. The van der Waals surface area contributed by atoms with Gasteiger partial charge in [0.1, 0.15) is 0 Å². The van der Waals surface area contributed by atoms with Crippen molar-refractivity contribution in [1.82, 2.24) is 10.2 Å². The standard InChI is InChI=1S/C12H26N2O/c1-6-10(3)8-11(7-2)13-9-12(15)14(4)5/h10-11,13H,6-9H2,1-5H3/t10-,11-/m1/s1. The fourth-order valence-electron chi connectivity index (χ4n) is 1.44. The minimum absolute atomic E-state index is 0.151. The van der Waals surface area contributed by atoms with E-state index in [2.05, 4.69) is 26.1 Å². The van der Waals surface area contributed by atoms with Crippen molar-refractivity contribution in [2.75, 3.05) is 20.6 Å². The number of nitrogens with one attached hydrogen (secondary N) is 1. The topological polar surface area (TPSA) is 32.3 Å². The van der Waals surface area contributed by atoms with Crippen molar-refractivity contribution in [3.05, 3.63) is 0 Å². The largest absolute Gasteiger partial charge is 0.348 e. The van der Waals surface area contributed by atoms with Gasteiger partial charge >= 0.3 is 0 Å². The van der Waals surface area contributed by atoms with Crippen LogP contribution in [0.25, 0.3) is 0 Å². The molecular weight excluding hydrogens is 188 g/mol. The number of amides is 1. The summed E-state index contributed by atoms with van der Waals surface area (Å²) < 4.78 is 0. The van der Waals surface area contributed by atoms with Gasteiger partial charge in [0.05, 0.1) is 6.54 Å². The smallest absolute Gasteiger partial charge is 0.236 e. The highest BCUT2D eigenvalue weighted by atomic mass is 16.2. The van der Waals surface area contributed by atoms with Crippen molar-refractivity contribution in [3.63, 3.8) is 0 Å². The quantitative estimate of drug-likeness (QED) is 0.702.